The van der Waals surface area contributed by atoms with Crippen LogP contribution in [0.2, 0.25) is 0 Å². The Morgan fingerprint density at radius 2 is 1.86 bits per heavy atom. The quantitative estimate of drug-likeness (QED) is 0.387. The highest BCUT2D eigenvalue weighted by molar-refractivity contribution is 5.82. The normalized spacial score (nSPS) is 52.9. The van der Waals surface area contributed by atoms with Gasteiger partial charge in [0.2, 0.25) is 0 Å². The summed E-state index contributed by atoms with van der Waals surface area (Å²) >= 11 is 0. The summed E-state index contributed by atoms with van der Waals surface area (Å²) in [5.74, 6) is -1.26. The van der Waals surface area contributed by atoms with Gasteiger partial charge in [-0.05, 0) is 57.3 Å². The summed E-state index contributed by atoms with van der Waals surface area (Å²) in [4.78, 5) is 26.2. The third-order valence-corrected chi connectivity index (χ3v) is 11.1. The van der Waals surface area contributed by atoms with E-state index in [1.54, 1.807) is 12.2 Å². The van der Waals surface area contributed by atoms with Crippen molar-refractivity contribution in [3.63, 3.8) is 0 Å². The molecular formula is C30H40O7. The van der Waals surface area contributed by atoms with Crippen molar-refractivity contribution >= 4 is 11.9 Å². The number of cyclic esters (lactones) is 1. The minimum atomic E-state index is -1.23. The Kier molecular flexibility index (Phi) is 5.83. The van der Waals surface area contributed by atoms with Gasteiger partial charge in [0.1, 0.15) is 12.7 Å². The SMILES string of the molecule is CC1=CC2O[C@@H]3C[C@H]4OC(=O)/C=C\C=C\C(C)OCCC(C)[C@@H](O)C(=O)OC[C@@]2(CC1)[C@]4(C)C12CC31C2. The van der Waals surface area contributed by atoms with Gasteiger partial charge in [-0.15, -0.1) is 0 Å². The van der Waals surface area contributed by atoms with Crippen molar-refractivity contribution in [3.05, 3.63) is 36.0 Å². The zero-order chi connectivity index (χ0) is 26.2. The molecule has 8 atom stereocenters. The van der Waals surface area contributed by atoms with E-state index in [1.165, 1.54) is 11.6 Å². The lowest BCUT2D eigenvalue weighted by molar-refractivity contribution is -0.193. The molecule has 3 aliphatic heterocycles. The van der Waals surface area contributed by atoms with Gasteiger partial charge in [-0.25, -0.2) is 9.59 Å². The predicted molar refractivity (Wildman–Crippen MR) is 135 cm³/mol. The van der Waals surface area contributed by atoms with E-state index in [9.17, 15) is 14.7 Å². The summed E-state index contributed by atoms with van der Waals surface area (Å²) in [7, 11) is 0. The van der Waals surface area contributed by atoms with Gasteiger partial charge in [0, 0.05) is 35.3 Å². The van der Waals surface area contributed by atoms with E-state index in [4.69, 9.17) is 18.9 Å². The van der Waals surface area contributed by atoms with Crippen molar-refractivity contribution in [1.29, 1.82) is 0 Å². The first-order valence-electron chi connectivity index (χ1n) is 13.9. The highest BCUT2D eigenvalue weighted by Gasteiger charge is 2.97. The van der Waals surface area contributed by atoms with E-state index in [1.807, 2.05) is 19.9 Å². The predicted octanol–water partition coefficient (Wildman–Crippen LogP) is 4.04. The molecule has 37 heavy (non-hydrogen) atoms. The average Bonchev–Trinajstić information content (AvgIpc) is 3.72. The smallest absolute Gasteiger partial charge is 0.335 e. The van der Waals surface area contributed by atoms with Crippen LogP contribution in [0.4, 0.5) is 0 Å². The second-order valence-corrected chi connectivity index (χ2v) is 12.8. The highest BCUT2D eigenvalue weighted by atomic mass is 16.6. The third-order valence-electron chi connectivity index (χ3n) is 11.1. The fourth-order valence-corrected chi connectivity index (χ4v) is 8.44. The van der Waals surface area contributed by atoms with E-state index in [0.717, 1.165) is 25.7 Å². The number of ether oxygens (including phenoxy) is 4. The van der Waals surface area contributed by atoms with Crippen LogP contribution in [0.1, 0.15) is 66.2 Å². The summed E-state index contributed by atoms with van der Waals surface area (Å²) < 4.78 is 24.9. The number of carbonyl (C=O) groups is 2. The van der Waals surface area contributed by atoms with Crippen LogP contribution in [0.3, 0.4) is 0 Å². The van der Waals surface area contributed by atoms with Gasteiger partial charge in [-0.1, -0.05) is 43.7 Å². The van der Waals surface area contributed by atoms with Gasteiger partial charge < -0.3 is 24.1 Å². The van der Waals surface area contributed by atoms with E-state index in [0.29, 0.717) is 19.4 Å². The number of allylic oxidation sites excluding steroid dienone is 3. The van der Waals surface area contributed by atoms with Crippen LogP contribution in [0.15, 0.2) is 36.0 Å². The van der Waals surface area contributed by atoms with Gasteiger partial charge in [-0.2, -0.15) is 0 Å². The zero-order valence-electron chi connectivity index (χ0n) is 22.4. The van der Waals surface area contributed by atoms with Gasteiger partial charge in [0.05, 0.1) is 18.3 Å². The van der Waals surface area contributed by atoms with Gasteiger partial charge in [-0.3, -0.25) is 0 Å². The monoisotopic (exact) mass is 512 g/mol. The lowest BCUT2D eigenvalue weighted by Gasteiger charge is -2.56. The molecule has 0 amide bonds. The third kappa shape index (κ3) is 3.49. The molecule has 3 unspecified atom stereocenters. The minimum Gasteiger partial charge on any atom is -0.463 e. The molecule has 202 valence electrons. The molecule has 1 N–H and O–H groups in total. The van der Waals surface area contributed by atoms with Gasteiger partial charge in [0.15, 0.2) is 6.10 Å². The molecular weight excluding hydrogens is 472 g/mol. The number of hydrogen-bond donors (Lipinski definition) is 1. The molecule has 0 aromatic rings. The Bertz CT molecular complexity index is 1070. The van der Waals surface area contributed by atoms with Crippen molar-refractivity contribution in [1.82, 2.24) is 0 Å². The summed E-state index contributed by atoms with van der Waals surface area (Å²) in [6.45, 7) is 8.69. The van der Waals surface area contributed by atoms with Crippen molar-refractivity contribution in [2.45, 2.75) is 96.7 Å². The summed E-state index contributed by atoms with van der Waals surface area (Å²) in [6, 6.07) is 0. The number of esters is 2. The summed E-state index contributed by atoms with van der Waals surface area (Å²) in [6.07, 6.45) is 12.2. The van der Waals surface area contributed by atoms with Crippen LogP contribution in [0, 0.1) is 27.6 Å². The number of aliphatic hydroxyl groups is 1. The topological polar surface area (TPSA) is 91.3 Å². The van der Waals surface area contributed by atoms with Gasteiger partial charge in [0.25, 0.3) is 0 Å². The van der Waals surface area contributed by atoms with Crippen LogP contribution < -0.4 is 0 Å². The second-order valence-electron chi connectivity index (χ2n) is 12.8. The molecule has 5 fully saturated rings. The first-order chi connectivity index (χ1) is 17.6. The Hall–Kier alpha value is -1.96. The average molecular weight is 513 g/mol. The Morgan fingerprint density at radius 3 is 2.65 bits per heavy atom. The minimum absolute atomic E-state index is 0.0321. The molecule has 0 aromatic heterocycles. The lowest BCUT2D eigenvalue weighted by atomic mass is 9.50. The molecule has 3 heterocycles. The van der Waals surface area contributed by atoms with Crippen LogP contribution in [-0.2, 0) is 28.5 Å². The number of rotatable bonds is 0. The molecule has 7 aliphatic rings. The molecule has 7 heteroatoms. The molecule has 7 nitrogen and oxygen atoms in total. The van der Waals surface area contributed by atoms with Crippen molar-refractivity contribution < 1.29 is 33.6 Å². The molecule has 3 saturated carbocycles. The lowest BCUT2D eigenvalue weighted by Crippen LogP contribution is -2.60. The van der Waals surface area contributed by atoms with Crippen LogP contribution in [-0.4, -0.2) is 60.8 Å². The second kappa shape index (κ2) is 8.52. The Labute approximate surface area is 219 Å². The summed E-state index contributed by atoms with van der Waals surface area (Å²) in [5.41, 5.74) is 0.554. The first-order valence-corrected chi connectivity index (χ1v) is 13.9. The number of carbonyl (C=O) groups excluding carboxylic acids is 2. The summed E-state index contributed by atoms with van der Waals surface area (Å²) in [5, 5.41) is 10.8. The van der Waals surface area contributed by atoms with E-state index >= 15 is 0 Å². The largest absolute Gasteiger partial charge is 0.463 e. The fraction of sp³-hybridized carbons (Fsp3) is 0.733. The van der Waals surface area contributed by atoms with Crippen LogP contribution in [0.5, 0.6) is 0 Å². The maximum absolute atomic E-state index is 13.1. The molecule has 7 rings (SSSR count). The van der Waals surface area contributed by atoms with E-state index < -0.39 is 22.9 Å². The van der Waals surface area contributed by atoms with Crippen molar-refractivity contribution in [3.8, 4) is 0 Å². The van der Waals surface area contributed by atoms with E-state index in [-0.39, 0.29) is 53.7 Å². The van der Waals surface area contributed by atoms with Crippen molar-refractivity contribution in [2.75, 3.05) is 13.2 Å². The highest BCUT2D eigenvalue weighted by Crippen LogP contribution is 2.99. The van der Waals surface area contributed by atoms with Crippen LogP contribution >= 0.6 is 0 Å². The standard InChI is InChI=1S/C30H40O7/c1-18-9-11-28-17-35-26(33)25(32)19(2)10-12-34-20(3)7-5-6-8-24(31)37-21-14-23(36-22(28)13-18)29-15-30(29,16-29)27(21,28)4/h5-8,13,19-23,25,32H,9-12,14-17H2,1-4H3/b7-5+,8-6-/t19?,20?,21-,22?,23-,25-,27-,28-,29?,30?/m1/s1. The molecule has 1 spiro atoms. The zero-order valence-corrected chi connectivity index (χ0v) is 22.4. The van der Waals surface area contributed by atoms with Crippen LogP contribution in [0.25, 0.3) is 0 Å². The Morgan fingerprint density at radius 1 is 1.08 bits per heavy atom. The van der Waals surface area contributed by atoms with E-state index in [2.05, 4.69) is 19.9 Å². The maximum atomic E-state index is 13.1. The number of aliphatic hydroxyl groups excluding tert-OH is 1. The number of hydrogen-bond acceptors (Lipinski definition) is 7. The molecule has 4 bridgehead atoms. The Balaban J connectivity index is 1.39. The molecule has 4 aliphatic carbocycles. The first kappa shape index (κ1) is 25.3. The molecule has 2 saturated heterocycles. The molecule has 0 radical (unpaired) electrons. The van der Waals surface area contributed by atoms with Crippen molar-refractivity contribution in [2.24, 2.45) is 27.6 Å². The fourth-order valence-electron chi connectivity index (χ4n) is 8.44. The molecule has 0 aromatic carbocycles. The van der Waals surface area contributed by atoms with Gasteiger partial charge >= 0.3 is 11.9 Å². The maximum Gasteiger partial charge on any atom is 0.335 e.